The van der Waals surface area contributed by atoms with Crippen molar-refractivity contribution in [2.45, 2.75) is 25.4 Å². The van der Waals surface area contributed by atoms with Gasteiger partial charge in [-0.2, -0.15) is 0 Å². The average molecular weight is 500 g/mol. The first-order valence-corrected chi connectivity index (χ1v) is 12.2. The summed E-state index contributed by atoms with van der Waals surface area (Å²) in [5.41, 5.74) is 4.70. The van der Waals surface area contributed by atoms with E-state index in [1.54, 1.807) is 18.3 Å². The van der Waals surface area contributed by atoms with E-state index in [1.165, 1.54) is 17.7 Å². The van der Waals surface area contributed by atoms with Crippen molar-refractivity contribution in [3.05, 3.63) is 114 Å². The highest BCUT2D eigenvalue weighted by Crippen LogP contribution is 2.39. The summed E-state index contributed by atoms with van der Waals surface area (Å²) in [6, 6.07) is 23.6. The first kappa shape index (κ1) is 23.7. The number of anilines is 1. The van der Waals surface area contributed by atoms with E-state index in [0.29, 0.717) is 17.3 Å². The summed E-state index contributed by atoms with van der Waals surface area (Å²) in [4.78, 5) is 19.4. The van der Waals surface area contributed by atoms with Gasteiger partial charge in [-0.3, -0.25) is 9.78 Å². The van der Waals surface area contributed by atoms with Gasteiger partial charge in [0.1, 0.15) is 5.82 Å². The summed E-state index contributed by atoms with van der Waals surface area (Å²) in [6.07, 6.45) is 4.03. The van der Waals surface area contributed by atoms with E-state index in [1.807, 2.05) is 36.5 Å². The minimum atomic E-state index is -0.346. The monoisotopic (exact) mass is 499 g/mol. The molecule has 1 saturated heterocycles. The van der Waals surface area contributed by atoms with Gasteiger partial charge >= 0.3 is 0 Å². The van der Waals surface area contributed by atoms with Crippen LogP contribution in [0.2, 0.25) is 0 Å². The molecule has 0 aliphatic carbocycles. The van der Waals surface area contributed by atoms with Gasteiger partial charge in [0, 0.05) is 42.4 Å². The molecule has 3 heterocycles. The van der Waals surface area contributed by atoms with Crippen molar-refractivity contribution in [3.63, 3.8) is 0 Å². The highest BCUT2D eigenvalue weighted by molar-refractivity contribution is 7.80. The van der Waals surface area contributed by atoms with Gasteiger partial charge in [-0.1, -0.05) is 18.2 Å². The number of rotatable bonds is 7. The van der Waals surface area contributed by atoms with Crippen LogP contribution in [-0.4, -0.2) is 32.0 Å². The van der Waals surface area contributed by atoms with Crippen molar-refractivity contribution in [1.29, 1.82) is 0 Å². The van der Waals surface area contributed by atoms with Crippen LogP contribution in [0.1, 0.15) is 35.5 Å². The lowest BCUT2D eigenvalue weighted by Gasteiger charge is -2.29. The Morgan fingerprint density at radius 3 is 2.67 bits per heavy atom. The zero-order valence-electron chi connectivity index (χ0n) is 19.8. The van der Waals surface area contributed by atoms with Gasteiger partial charge in [0.25, 0.3) is 0 Å². The Morgan fingerprint density at radius 1 is 1.08 bits per heavy atom. The van der Waals surface area contributed by atoms with E-state index in [2.05, 4.69) is 56.3 Å². The average Bonchev–Trinajstić information content (AvgIpc) is 3.49. The maximum Gasteiger partial charge on any atom is 0.226 e. The van der Waals surface area contributed by atoms with Crippen LogP contribution in [0.25, 0.3) is 5.69 Å². The van der Waals surface area contributed by atoms with Gasteiger partial charge in [0.2, 0.25) is 5.91 Å². The van der Waals surface area contributed by atoms with Crippen molar-refractivity contribution in [3.8, 4) is 5.69 Å². The lowest BCUT2D eigenvalue weighted by atomic mass is 10.0. The molecule has 0 spiro atoms. The van der Waals surface area contributed by atoms with Crippen LogP contribution < -0.4 is 10.6 Å². The first-order chi connectivity index (χ1) is 17.5. The summed E-state index contributed by atoms with van der Waals surface area (Å²) in [5.74, 6) is -0.514. The Kier molecular flexibility index (Phi) is 6.77. The smallest absolute Gasteiger partial charge is 0.226 e. The number of pyridine rings is 1. The van der Waals surface area contributed by atoms with E-state index < -0.39 is 0 Å². The number of benzene rings is 2. The molecule has 0 radical (unpaired) electrons. The third kappa shape index (κ3) is 4.99. The molecule has 0 bridgehead atoms. The highest BCUT2D eigenvalue weighted by atomic mass is 32.1. The first-order valence-electron chi connectivity index (χ1n) is 11.8. The minimum Gasteiger partial charge on any atom is -0.352 e. The molecule has 2 aromatic carbocycles. The number of hydrogen-bond donors (Lipinski definition) is 2. The van der Waals surface area contributed by atoms with Gasteiger partial charge in [-0.05, 0) is 85.4 Å². The van der Waals surface area contributed by atoms with Crippen molar-refractivity contribution in [2.75, 3.05) is 11.9 Å². The second-order valence-electron chi connectivity index (χ2n) is 8.77. The van der Waals surface area contributed by atoms with Crippen molar-refractivity contribution >= 4 is 28.9 Å². The number of carbonyl (C=O) groups excluding carboxylic acids is 1. The molecular formula is C28H26FN5OS. The van der Waals surface area contributed by atoms with Crippen LogP contribution in [0, 0.1) is 12.7 Å². The Balaban J connectivity index is 1.44. The largest absolute Gasteiger partial charge is 0.352 e. The number of nitrogens with one attached hydrogen (secondary N) is 2. The molecule has 1 aliphatic rings. The summed E-state index contributed by atoms with van der Waals surface area (Å²) in [6.45, 7) is 2.48. The highest BCUT2D eigenvalue weighted by Gasteiger charge is 2.41. The van der Waals surface area contributed by atoms with E-state index in [4.69, 9.17) is 12.2 Å². The van der Waals surface area contributed by atoms with E-state index >= 15 is 0 Å². The molecule has 0 saturated carbocycles. The van der Waals surface area contributed by atoms with Crippen molar-refractivity contribution in [2.24, 2.45) is 0 Å². The van der Waals surface area contributed by atoms with Crippen LogP contribution in [-0.2, 0) is 4.79 Å². The normalized spacial score (nSPS) is 17.2. The fourth-order valence-corrected chi connectivity index (χ4v) is 4.93. The molecule has 2 N–H and O–H groups in total. The predicted molar refractivity (Wildman–Crippen MR) is 142 cm³/mol. The maximum atomic E-state index is 13.2. The molecule has 5 rings (SSSR count). The second-order valence-corrected chi connectivity index (χ2v) is 9.15. The quantitative estimate of drug-likeness (QED) is 0.337. The number of aromatic nitrogens is 2. The molecule has 182 valence electrons. The zero-order valence-corrected chi connectivity index (χ0v) is 20.6. The van der Waals surface area contributed by atoms with Crippen molar-refractivity contribution in [1.82, 2.24) is 19.8 Å². The van der Waals surface area contributed by atoms with Gasteiger partial charge in [0.15, 0.2) is 5.11 Å². The van der Waals surface area contributed by atoms with E-state index in [9.17, 15) is 9.18 Å². The lowest BCUT2D eigenvalue weighted by molar-refractivity contribution is -0.116. The van der Waals surface area contributed by atoms with Gasteiger partial charge < -0.3 is 20.1 Å². The maximum absolute atomic E-state index is 13.2. The molecule has 2 atom stereocenters. The topological polar surface area (TPSA) is 62.2 Å². The summed E-state index contributed by atoms with van der Waals surface area (Å²) < 4.78 is 15.4. The standard InChI is InChI=1S/C28H26FN5OS/c1-19-6-4-7-22(18-19)33-16-5-9-24(33)27-26(23-8-2-3-15-30-23)32-28(36)34(27)17-14-25(35)31-21-12-10-20(29)11-13-21/h2-13,15-16,18,26-27H,14,17H2,1H3,(H,31,35)(H,32,36)/t26-,27+/m1/s1. The Bertz CT molecular complexity index is 1370. The third-order valence-corrected chi connectivity index (χ3v) is 6.62. The van der Waals surface area contributed by atoms with E-state index in [-0.39, 0.29) is 30.2 Å². The molecular weight excluding hydrogens is 473 g/mol. The number of halogens is 1. The van der Waals surface area contributed by atoms with Crippen LogP contribution >= 0.6 is 12.2 Å². The number of nitrogens with zero attached hydrogens (tertiary/aromatic N) is 3. The van der Waals surface area contributed by atoms with Crippen LogP contribution in [0.4, 0.5) is 10.1 Å². The van der Waals surface area contributed by atoms with E-state index in [0.717, 1.165) is 17.1 Å². The Hall–Kier alpha value is -4.04. The van der Waals surface area contributed by atoms with Crippen LogP contribution in [0.3, 0.4) is 0 Å². The molecule has 36 heavy (non-hydrogen) atoms. The molecule has 6 nitrogen and oxygen atoms in total. The molecule has 8 heteroatoms. The fourth-order valence-electron chi connectivity index (χ4n) is 4.59. The molecule has 1 amide bonds. The van der Waals surface area contributed by atoms with Crippen LogP contribution in [0.5, 0.6) is 0 Å². The zero-order chi connectivity index (χ0) is 25.1. The minimum absolute atomic E-state index is 0.168. The molecule has 0 unspecified atom stereocenters. The predicted octanol–water partition coefficient (Wildman–Crippen LogP) is 5.32. The Labute approximate surface area is 214 Å². The number of carbonyl (C=O) groups is 1. The summed E-state index contributed by atoms with van der Waals surface area (Å²) in [5, 5.41) is 6.84. The number of amides is 1. The summed E-state index contributed by atoms with van der Waals surface area (Å²) >= 11 is 5.75. The molecule has 2 aromatic heterocycles. The number of thiocarbonyl (C=S) groups is 1. The molecule has 1 aliphatic heterocycles. The van der Waals surface area contributed by atoms with Crippen LogP contribution in [0.15, 0.2) is 91.3 Å². The van der Waals surface area contributed by atoms with Crippen molar-refractivity contribution < 1.29 is 9.18 Å². The lowest BCUT2D eigenvalue weighted by Crippen LogP contribution is -2.33. The molecule has 1 fully saturated rings. The summed E-state index contributed by atoms with van der Waals surface area (Å²) in [7, 11) is 0. The number of hydrogen-bond acceptors (Lipinski definition) is 3. The Morgan fingerprint density at radius 2 is 1.92 bits per heavy atom. The van der Waals surface area contributed by atoms with Gasteiger partial charge in [-0.15, -0.1) is 0 Å². The number of aryl methyl sites for hydroxylation is 1. The molecule has 4 aromatic rings. The second kappa shape index (κ2) is 10.3. The SMILES string of the molecule is Cc1cccc(-n2cccc2[C@H]2[C@@H](c3ccccn3)NC(=S)N2CCC(=O)Nc2ccc(F)cc2)c1. The fraction of sp³-hybridized carbons (Fsp3) is 0.179. The van der Waals surface area contributed by atoms with Gasteiger partial charge in [-0.25, -0.2) is 4.39 Å². The third-order valence-electron chi connectivity index (χ3n) is 6.27. The van der Waals surface area contributed by atoms with Gasteiger partial charge in [0.05, 0.1) is 17.8 Å².